The van der Waals surface area contributed by atoms with Crippen molar-refractivity contribution >= 4 is 35.0 Å². The Bertz CT molecular complexity index is 1180. The van der Waals surface area contributed by atoms with Crippen LogP contribution in [0.1, 0.15) is 36.8 Å². The van der Waals surface area contributed by atoms with E-state index in [0.717, 1.165) is 31.2 Å². The SMILES string of the molecule is O=C(NC1CCCC1)[C@@H](Cc1ccccc1)N(Cc1c(Cl)cccc1Cl)C(=O)COc1ccc(F)cc1. The summed E-state index contributed by atoms with van der Waals surface area (Å²) in [6.45, 7) is -0.310. The summed E-state index contributed by atoms with van der Waals surface area (Å²) < 4.78 is 19.0. The van der Waals surface area contributed by atoms with Crippen molar-refractivity contribution in [2.75, 3.05) is 6.61 Å². The molecule has 2 amide bonds. The van der Waals surface area contributed by atoms with Crippen LogP contribution in [0.2, 0.25) is 10.0 Å². The first kappa shape index (κ1) is 27.0. The average Bonchev–Trinajstić information content (AvgIpc) is 3.40. The Balaban J connectivity index is 1.64. The van der Waals surface area contributed by atoms with Crippen LogP contribution in [0.5, 0.6) is 5.75 Å². The Morgan fingerprint density at radius 3 is 2.24 bits per heavy atom. The van der Waals surface area contributed by atoms with E-state index >= 15 is 0 Å². The zero-order valence-corrected chi connectivity index (χ0v) is 21.9. The lowest BCUT2D eigenvalue weighted by Crippen LogP contribution is -2.53. The zero-order valence-electron chi connectivity index (χ0n) is 20.3. The molecule has 3 aromatic carbocycles. The van der Waals surface area contributed by atoms with Crippen molar-refractivity contribution in [1.82, 2.24) is 10.2 Å². The number of rotatable bonds is 10. The fraction of sp³-hybridized carbons (Fsp3) is 0.310. The molecule has 37 heavy (non-hydrogen) atoms. The van der Waals surface area contributed by atoms with Crippen molar-refractivity contribution in [2.45, 2.75) is 50.7 Å². The minimum absolute atomic E-state index is 0.0275. The van der Waals surface area contributed by atoms with Crippen molar-refractivity contribution in [3.63, 3.8) is 0 Å². The average molecular weight is 543 g/mol. The van der Waals surface area contributed by atoms with Crippen LogP contribution < -0.4 is 10.1 Å². The highest BCUT2D eigenvalue weighted by Crippen LogP contribution is 2.28. The van der Waals surface area contributed by atoms with Gasteiger partial charge in [0.25, 0.3) is 5.91 Å². The molecule has 0 unspecified atom stereocenters. The van der Waals surface area contributed by atoms with Gasteiger partial charge >= 0.3 is 0 Å². The van der Waals surface area contributed by atoms with Gasteiger partial charge in [0.05, 0.1) is 0 Å². The van der Waals surface area contributed by atoms with Gasteiger partial charge < -0.3 is 15.0 Å². The maximum Gasteiger partial charge on any atom is 0.261 e. The molecule has 0 radical (unpaired) electrons. The van der Waals surface area contributed by atoms with Crippen LogP contribution in [0, 0.1) is 5.82 Å². The largest absolute Gasteiger partial charge is 0.484 e. The Morgan fingerprint density at radius 2 is 1.59 bits per heavy atom. The third-order valence-electron chi connectivity index (χ3n) is 6.54. The molecule has 5 nitrogen and oxygen atoms in total. The van der Waals surface area contributed by atoms with Crippen LogP contribution in [0.4, 0.5) is 4.39 Å². The molecule has 0 spiro atoms. The summed E-state index contributed by atoms with van der Waals surface area (Å²) in [5, 5.41) is 3.95. The van der Waals surface area contributed by atoms with E-state index in [0.29, 0.717) is 27.8 Å². The lowest BCUT2D eigenvalue weighted by atomic mass is 10.0. The number of halogens is 3. The number of carbonyl (C=O) groups excluding carboxylic acids is 2. The second-order valence-corrected chi connectivity index (χ2v) is 9.97. The molecule has 3 aromatic rings. The van der Waals surface area contributed by atoms with E-state index in [9.17, 15) is 14.0 Å². The molecule has 8 heteroatoms. The summed E-state index contributed by atoms with van der Waals surface area (Å²) in [6.07, 6.45) is 4.28. The van der Waals surface area contributed by atoms with E-state index in [2.05, 4.69) is 5.32 Å². The minimum Gasteiger partial charge on any atom is -0.484 e. The van der Waals surface area contributed by atoms with Gasteiger partial charge in [-0.3, -0.25) is 9.59 Å². The van der Waals surface area contributed by atoms with Crippen molar-refractivity contribution < 1.29 is 18.7 Å². The monoisotopic (exact) mass is 542 g/mol. The van der Waals surface area contributed by atoms with Gasteiger partial charge in [-0.2, -0.15) is 0 Å². The first-order chi connectivity index (χ1) is 17.9. The summed E-state index contributed by atoms with van der Waals surface area (Å²) in [7, 11) is 0. The fourth-order valence-corrected chi connectivity index (χ4v) is 5.05. The number of nitrogens with zero attached hydrogens (tertiary/aromatic N) is 1. The van der Waals surface area contributed by atoms with Gasteiger partial charge in [-0.15, -0.1) is 0 Å². The van der Waals surface area contributed by atoms with E-state index in [4.69, 9.17) is 27.9 Å². The van der Waals surface area contributed by atoms with Gasteiger partial charge in [-0.1, -0.05) is 72.4 Å². The van der Waals surface area contributed by atoms with Crippen molar-refractivity contribution in [3.05, 3.63) is 99.8 Å². The lowest BCUT2D eigenvalue weighted by Gasteiger charge is -2.32. The van der Waals surface area contributed by atoms with Gasteiger partial charge in [0.1, 0.15) is 17.6 Å². The molecule has 1 saturated carbocycles. The number of carbonyl (C=O) groups is 2. The highest BCUT2D eigenvalue weighted by Gasteiger charge is 2.33. The molecule has 194 valence electrons. The lowest BCUT2D eigenvalue weighted by molar-refractivity contribution is -0.143. The summed E-state index contributed by atoms with van der Waals surface area (Å²) in [4.78, 5) is 28.8. The molecule has 0 aromatic heterocycles. The van der Waals surface area contributed by atoms with Crippen LogP contribution in [-0.4, -0.2) is 35.4 Å². The summed E-state index contributed by atoms with van der Waals surface area (Å²) in [5.74, 6) is -0.697. The third-order valence-corrected chi connectivity index (χ3v) is 7.25. The molecule has 1 N–H and O–H groups in total. The predicted octanol–water partition coefficient (Wildman–Crippen LogP) is 6.21. The molecule has 1 aliphatic carbocycles. The second-order valence-electron chi connectivity index (χ2n) is 9.16. The number of hydrogen-bond donors (Lipinski definition) is 1. The van der Waals surface area contributed by atoms with E-state index < -0.39 is 17.8 Å². The molecule has 1 aliphatic rings. The maximum absolute atomic E-state index is 13.7. The Kier molecular flexibility index (Phi) is 9.42. The first-order valence-electron chi connectivity index (χ1n) is 12.4. The number of amides is 2. The van der Waals surface area contributed by atoms with Crippen molar-refractivity contribution in [1.29, 1.82) is 0 Å². The topological polar surface area (TPSA) is 58.6 Å². The fourth-order valence-electron chi connectivity index (χ4n) is 4.53. The molecule has 4 rings (SSSR count). The van der Waals surface area contributed by atoms with Crippen LogP contribution >= 0.6 is 23.2 Å². The van der Waals surface area contributed by atoms with Crippen LogP contribution in [0.3, 0.4) is 0 Å². The van der Waals surface area contributed by atoms with Crippen LogP contribution in [0.15, 0.2) is 72.8 Å². The van der Waals surface area contributed by atoms with Crippen molar-refractivity contribution in [3.8, 4) is 5.75 Å². The molecule has 1 fully saturated rings. The zero-order chi connectivity index (χ0) is 26.2. The molecule has 0 saturated heterocycles. The van der Waals surface area contributed by atoms with E-state index in [1.54, 1.807) is 18.2 Å². The predicted molar refractivity (Wildman–Crippen MR) is 143 cm³/mol. The maximum atomic E-state index is 13.7. The smallest absolute Gasteiger partial charge is 0.261 e. The number of hydrogen-bond acceptors (Lipinski definition) is 3. The third kappa shape index (κ3) is 7.46. The number of ether oxygens (including phenoxy) is 1. The molecule has 0 heterocycles. The van der Waals surface area contributed by atoms with E-state index in [1.165, 1.54) is 29.2 Å². The van der Waals surface area contributed by atoms with Gasteiger partial charge in [0, 0.05) is 34.6 Å². The molecule has 0 bridgehead atoms. The number of benzene rings is 3. The Labute approximate surface area is 226 Å². The Hall–Kier alpha value is -3.09. The standard InChI is InChI=1S/C29H29Cl2FN2O3/c30-25-11-6-12-26(31)24(25)18-34(28(35)19-37-23-15-13-21(32)14-16-23)27(17-20-7-2-1-3-8-20)29(36)33-22-9-4-5-10-22/h1-3,6-8,11-16,22,27H,4-5,9-10,17-19H2,(H,33,36)/t27-/m1/s1. The molecule has 0 aliphatic heterocycles. The van der Waals surface area contributed by atoms with Gasteiger partial charge in [-0.25, -0.2) is 4.39 Å². The molecular formula is C29H29Cl2FN2O3. The first-order valence-corrected chi connectivity index (χ1v) is 13.1. The van der Waals surface area contributed by atoms with Crippen molar-refractivity contribution in [2.24, 2.45) is 0 Å². The van der Waals surface area contributed by atoms with E-state index in [-0.39, 0.29) is 25.1 Å². The van der Waals surface area contributed by atoms with E-state index in [1.807, 2.05) is 30.3 Å². The van der Waals surface area contributed by atoms with Gasteiger partial charge in [0.15, 0.2) is 6.61 Å². The molecular weight excluding hydrogens is 514 g/mol. The summed E-state index contributed by atoms with van der Waals surface area (Å²) >= 11 is 12.9. The normalized spacial score (nSPS) is 14.2. The molecule has 1 atom stereocenters. The minimum atomic E-state index is -0.820. The summed E-state index contributed by atoms with van der Waals surface area (Å²) in [5.41, 5.74) is 1.46. The highest BCUT2D eigenvalue weighted by atomic mass is 35.5. The second kappa shape index (κ2) is 12.9. The highest BCUT2D eigenvalue weighted by molar-refractivity contribution is 6.36. The summed E-state index contributed by atoms with van der Waals surface area (Å²) in [6, 6.07) is 19.4. The van der Waals surface area contributed by atoms with Gasteiger partial charge in [0.2, 0.25) is 5.91 Å². The number of nitrogens with one attached hydrogen (secondary N) is 1. The quantitative estimate of drug-likeness (QED) is 0.331. The van der Waals surface area contributed by atoms with Crippen LogP contribution in [-0.2, 0) is 22.6 Å². The van der Waals surface area contributed by atoms with Crippen LogP contribution in [0.25, 0.3) is 0 Å². The van der Waals surface area contributed by atoms with Gasteiger partial charge in [-0.05, 0) is 54.8 Å². The Morgan fingerprint density at radius 1 is 0.946 bits per heavy atom.